The molecule has 2 aromatic carbocycles. The molecule has 2 aromatic heterocycles. The van der Waals surface area contributed by atoms with Gasteiger partial charge in [-0.15, -0.1) is 0 Å². The van der Waals surface area contributed by atoms with Gasteiger partial charge in [0.05, 0.1) is 12.9 Å². The van der Waals surface area contributed by atoms with Gasteiger partial charge in [-0.3, -0.25) is 0 Å². The molecule has 11 nitrogen and oxygen atoms in total. The van der Waals surface area contributed by atoms with Gasteiger partial charge in [-0.1, -0.05) is 55.2 Å². The summed E-state index contributed by atoms with van der Waals surface area (Å²) in [5.74, 6) is 2.71. The summed E-state index contributed by atoms with van der Waals surface area (Å²) < 4.78 is 13.1. The van der Waals surface area contributed by atoms with E-state index < -0.39 is 0 Å². The molecule has 2 N–H and O–H groups in total. The van der Waals surface area contributed by atoms with E-state index >= 15 is 0 Å². The largest absolute Gasteiger partial charge is 0.454 e. The summed E-state index contributed by atoms with van der Waals surface area (Å²) in [6, 6.07) is 14.6. The van der Waals surface area contributed by atoms with Crippen LogP contribution in [0.2, 0.25) is 0 Å². The van der Waals surface area contributed by atoms with E-state index in [0.29, 0.717) is 43.5 Å². The fraction of sp³-hybridized carbons (Fsp3) is 0.438. The number of anilines is 2. The Hall–Kier alpha value is -4.54. The highest BCUT2D eigenvalue weighted by Crippen LogP contribution is 2.33. The lowest BCUT2D eigenvalue weighted by Gasteiger charge is -2.27. The van der Waals surface area contributed by atoms with Gasteiger partial charge in [-0.25, -0.2) is 9.78 Å². The summed E-state index contributed by atoms with van der Waals surface area (Å²) in [6.45, 7) is 4.62. The smallest absolute Gasteiger partial charge is 0.317 e. The minimum Gasteiger partial charge on any atom is -0.454 e. The number of aromatic nitrogens is 4. The zero-order chi connectivity index (χ0) is 29.8. The number of imidazole rings is 1. The molecule has 0 atom stereocenters. The lowest BCUT2D eigenvalue weighted by Crippen LogP contribution is -2.45. The third-order valence-corrected chi connectivity index (χ3v) is 8.18. The van der Waals surface area contributed by atoms with Crippen molar-refractivity contribution in [1.82, 2.24) is 29.7 Å². The van der Waals surface area contributed by atoms with Gasteiger partial charge in [0.15, 0.2) is 28.5 Å². The predicted molar refractivity (Wildman–Crippen MR) is 167 cm³/mol. The Labute approximate surface area is 252 Å². The van der Waals surface area contributed by atoms with Gasteiger partial charge in [0.2, 0.25) is 12.7 Å². The molecule has 11 heteroatoms. The summed E-state index contributed by atoms with van der Waals surface area (Å²) in [7, 11) is 3.79. The third-order valence-electron chi connectivity index (χ3n) is 8.18. The topological polar surface area (TPSA) is 110 Å². The van der Waals surface area contributed by atoms with Crippen LogP contribution in [-0.2, 0) is 13.1 Å². The standard InChI is InChI=1S/C32H40N8O3/c1-22-8-7-9-24(16-22)19-40-20-34-28-29(33-18-23-12-13-26-27(17-23)43-21-42-26)36-31(37-30(28)40)38(2)14-15-39(3)32(41)35-25-10-5-4-6-11-25/h7-9,12-13,16-17,20,25H,4-6,10-11,14-15,18-19,21H2,1-3H3,(H,35,41)(H,33,36,37). The monoisotopic (exact) mass is 584 g/mol. The number of ether oxygens (including phenoxy) is 2. The second-order valence-corrected chi connectivity index (χ2v) is 11.6. The molecule has 0 radical (unpaired) electrons. The van der Waals surface area contributed by atoms with Crippen LogP contribution in [0.25, 0.3) is 11.2 Å². The molecule has 2 amide bonds. The number of fused-ring (bicyclic) bond motifs is 2. The lowest BCUT2D eigenvalue weighted by atomic mass is 9.96. The molecule has 6 rings (SSSR count). The van der Waals surface area contributed by atoms with Crippen LogP contribution in [0.15, 0.2) is 48.8 Å². The maximum Gasteiger partial charge on any atom is 0.317 e. The van der Waals surface area contributed by atoms with Crippen molar-refractivity contribution in [3.63, 3.8) is 0 Å². The van der Waals surface area contributed by atoms with Crippen LogP contribution in [0, 0.1) is 6.92 Å². The Morgan fingerprint density at radius 3 is 2.67 bits per heavy atom. The van der Waals surface area contributed by atoms with Gasteiger partial charge in [0.25, 0.3) is 0 Å². The molecule has 43 heavy (non-hydrogen) atoms. The first kappa shape index (κ1) is 28.6. The molecule has 3 heterocycles. The number of likely N-dealkylation sites (N-methyl/N-ethyl adjacent to an activating group) is 2. The van der Waals surface area contributed by atoms with E-state index in [1.165, 1.54) is 30.4 Å². The highest BCUT2D eigenvalue weighted by Gasteiger charge is 2.20. The van der Waals surface area contributed by atoms with E-state index in [1.54, 1.807) is 4.90 Å². The van der Waals surface area contributed by atoms with Crippen molar-refractivity contribution in [2.75, 3.05) is 44.2 Å². The number of hydrogen-bond acceptors (Lipinski definition) is 8. The minimum atomic E-state index is -0.0287. The van der Waals surface area contributed by atoms with Crippen LogP contribution in [0.5, 0.6) is 11.5 Å². The van der Waals surface area contributed by atoms with Crippen LogP contribution < -0.4 is 25.0 Å². The Kier molecular flexibility index (Phi) is 8.48. The Bertz CT molecular complexity index is 1580. The summed E-state index contributed by atoms with van der Waals surface area (Å²) in [5, 5.41) is 6.67. The van der Waals surface area contributed by atoms with Crippen molar-refractivity contribution in [3.8, 4) is 11.5 Å². The highest BCUT2D eigenvalue weighted by molar-refractivity contribution is 5.84. The highest BCUT2D eigenvalue weighted by atomic mass is 16.7. The molecule has 0 spiro atoms. The molecule has 1 saturated carbocycles. The molecule has 0 unspecified atom stereocenters. The maximum atomic E-state index is 12.8. The molecule has 4 aromatic rings. The number of amides is 2. The SMILES string of the molecule is Cc1cccc(Cn2cnc3c(NCc4ccc5c(c4)OCO5)nc(N(C)CCN(C)C(=O)NC4CCCCC4)nc32)c1. The molecule has 0 saturated heterocycles. The van der Waals surface area contributed by atoms with Crippen molar-refractivity contribution in [2.24, 2.45) is 0 Å². The molecule has 1 aliphatic carbocycles. The molecule has 1 fully saturated rings. The number of nitrogens with zero attached hydrogens (tertiary/aromatic N) is 6. The van der Waals surface area contributed by atoms with Gasteiger partial charge in [0, 0.05) is 39.8 Å². The molecule has 1 aliphatic heterocycles. The zero-order valence-electron chi connectivity index (χ0n) is 25.2. The predicted octanol–water partition coefficient (Wildman–Crippen LogP) is 4.93. The van der Waals surface area contributed by atoms with Gasteiger partial charge >= 0.3 is 6.03 Å². The summed E-state index contributed by atoms with van der Waals surface area (Å²) >= 11 is 0. The van der Waals surface area contributed by atoms with Gasteiger partial charge in [-0.05, 0) is 43.0 Å². The first-order valence-corrected chi connectivity index (χ1v) is 15.1. The Morgan fingerprint density at radius 2 is 1.84 bits per heavy atom. The van der Waals surface area contributed by atoms with E-state index in [4.69, 9.17) is 24.4 Å². The number of urea groups is 1. The van der Waals surface area contributed by atoms with Crippen LogP contribution >= 0.6 is 0 Å². The average molecular weight is 585 g/mol. The zero-order valence-corrected chi connectivity index (χ0v) is 25.2. The van der Waals surface area contributed by atoms with Gasteiger partial charge in [0.1, 0.15) is 0 Å². The molecule has 2 aliphatic rings. The van der Waals surface area contributed by atoms with Gasteiger partial charge < -0.3 is 34.5 Å². The second kappa shape index (κ2) is 12.8. The van der Waals surface area contributed by atoms with Crippen molar-refractivity contribution >= 4 is 29.0 Å². The number of rotatable bonds is 10. The van der Waals surface area contributed by atoms with Crippen LogP contribution in [0.4, 0.5) is 16.6 Å². The number of aryl methyl sites for hydroxylation is 1. The molecular formula is C32H40N8O3. The second-order valence-electron chi connectivity index (χ2n) is 11.6. The normalized spacial score (nSPS) is 14.6. The summed E-state index contributed by atoms with van der Waals surface area (Å²) in [4.78, 5) is 31.1. The minimum absolute atomic E-state index is 0.0287. The van der Waals surface area contributed by atoms with Crippen molar-refractivity contribution in [3.05, 3.63) is 65.5 Å². The quantitative estimate of drug-likeness (QED) is 0.270. The third kappa shape index (κ3) is 6.76. The number of carbonyl (C=O) groups is 1. The summed E-state index contributed by atoms with van der Waals surface area (Å²) in [5.41, 5.74) is 4.87. The fourth-order valence-corrected chi connectivity index (χ4v) is 5.62. The Balaban J connectivity index is 1.21. The summed E-state index contributed by atoms with van der Waals surface area (Å²) in [6.07, 6.45) is 7.57. The number of nitrogens with one attached hydrogen (secondary N) is 2. The van der Waals surface area contributed by atoms with Crippen molar-refractivity contribution in [1.29, 1.82) is 0 Å². The van der Waals surface area contributed by atoms with Crippen molar-refractivity contribution in [2.45, 2.75) is 58.2 Å². The first-order valence-electron chi connectivity index (χ1n) is 15.1. The lowest BCUT2D eigenvalue weighted by molar-refractivity contribution is 0.174. The van der Waals surface area contributed by atoms with Gasteiger partial charge in [-0.2, -0.15) is 9.97 Å². The maximum absolute atomic E-state index is 12.8. The average Bonchev–Trinajstić information content (AvgIpc) is 3.65. The van der Waals surface area contributed by atoms with Crippen LogP contribution in [-0.4, -0.2) is 70.5 Å². The van der Waals surface area contributed by atoms with E-state index in [9.17, 15) is 4.79 Å². The van der Waals surface area contributed by atoms with Crippen LogP contribution in [0.1, 0.15) is 48.8 Å². The first-order chi connectivity index (χ1) is 20.9. The van der Waals surface area contributed by atoms with E-state index in [0.717, 1.165) is 35.6 Å². The molecule has 0 bridgehead atoms. The number of hydrogen-bond donors (Lipinski definition) is 2. The van der Waals surface area contributed by atoms with Crippen LogP contribution in [0.3, 0.4) is 0 Å². The van der Waals surface area contributed by atoms with E-state index in [-0.39, 0.29) is 18.9 Å². The fourth-order valence-electron chi connectivity index (χ4n) is 5.62. The Morgan fingerprint density at radius 1 is 1.00 bits per heavy atom. The number of carbonyl (C=O) groups excluding carboxylic acids is 1. The van der Waals surface area contributed by atoms with Crippen molar-refractivity contribution < 1.29 is 14.3 Å². The van der Waals surface area contributed by atoms with E-state index in [2.05, 4.69) is 46.4 Å². The number of benzene rings is 2. The molecular weight excluding hydrogens is 544 g/mol. The van der Waals surface area contributed by atoms with E-state index in [1.807, 2.05) is 43.5 Å². The molecule has 226 valence electrons.